The molecule has 0 unspecified atom stereocenters. The molecule has 0 fully saturated rings. The van der Waals surface area contributed by atoms with Gasteiger partial charge in [0, 0.05) is 23.7 Å². The molecule has 31 heavy (non-hydrogen) atoms. The van der Waals surface area contributed by atoms with E-state index in [1.54, 1.807) is 11.5 Å². The molecule has 0 saturated heterocycles. The van der Waals surface area contributed by atoms with Crippen LogP contribution in [0.25, 0.3) is 27.3 Å². The predicted molar refractivity (Wildman–Crippen MR) is 120 cm³/mol. The zero-order valence-electron chi connectivity index (χ0n) is 17.2. The van der Waals surface area contributed by atoms with E-state index in [0.717, 1.165) is 49.4 Å². The van der Waals surface area contributed by atoms with Gasteiger partial charge >= 0.3 is 0 Å². The van der Waals surface area contributed by atoms with Gasteiger partial charge in [-0.3, -0.25) is 14.8 Å². The smallest absolute Gasteiger partial charge is 0.282 e. The largest absolute Gasteiger partial charge is 0.368 e. The molecule has 0 aliphatic heterocycles. The van der Waals surface area contributed by atoms with Crippen LogP contribution in [0.1, 0.15) is 38.5 Å². The molecule has 3 N–H and O–H groups in total. The maximum Gasteiger partial charge on any atom is 0.282 e. The molecule has 0 atom stereocenters. The number of anilines is 1. The molecule has 2 aromatic heterocycles. The first-order valence-corrected chi connectivity index (χ1v) is 10.6. The van der Waals surface area contributed by atoms with Crippen LogP contribution in [0.15, 0.2) is 53.3 Å². The van der Waals surface area contributed by atoms with Crippen molar-refractivity contribution in [2.45, 2.75) is 38.5 Å². The Balaban J connectivity index is 1.50. The van der Waals surface area contributed by atoms with Crippen LogP contribution in [0.2, 0.25) is 0 Å². The summed E-state index contributed by atoms with van der Waals surface area (Å²) in [5.74, 6) is 0.329. The number of hydrogen-bond acceptors (Lipinski definition) is 6. The first-order valence-electron chi connectivity index (χ1n) is 10.6. The van der Waals surface area contributed by atoms with Crippen molar-refractivity contribution in [2.24, 2.45) is 0 Å². The van der Waals surface area contributed by atoms with E-state index in [-0.39, 0.29) is 11.5 Å². The Morgan fingerprint density at radius 2 is 1.58 bits per heavy atom. The monoisotopic (exact) mass is 419 g/mol. The lowest BCUT2D eigenvalue weighted by Gasteiger charge is -2.12. The van der Waals surface area contributed by atoms with Gasteiger partial charge in [-0.05, 0) is 25.0 Å². The summed E-state index contributed by atoms with van der Waals surface area (Å²) < 4.78 is 1.39. The molecule has 1 amide bonds. The molecule has 2 aromatic carbocycles. The maximum atomic E-state index is 13.0. The average Bonchev–Trinajstić information content (AvgIpc) is 2.81. The molecule has 160 valence electrons. The highest BCUT2D eigenvalue weighted by Gasteiger charge is 2.12. The standard InChI is InChI=1S/C23H25N5O3/c29-20(27-31)14-4-2-1-3-9-15-24-21-16-10-5-6-11-17(16)22-25-19-13-8-7-12-18(19)23(30)28(22)26-21/h5-8,10-13,31H,1-4,9,14-15H2,(H,24,26)(H,27,29). The van der Waals surface area contributed by atoms with Crippen LogP contribution in [0.3, 0.4) is 0 Å². The number of para-hydroxylation sites is 1. The first-order chi connectivity index (χ1) is 15.2. The fourth-order valence-corrected chi connectivity index (χ4v) is 3.76. The number of nitrogens with zero attached hydrogens (tertiary/aromatic N) is 3. The third-order valence-electron chi connectivity index (χ3n) is 5.37. The van der Waals surface area contributed by atoms with Gasteiger partial charge in [-0.2, -0.15) is 4.52 Å². The minimum absolute atomic E-state index is 0.179. The maximum absolute atomic E-state index is 13.0. The highest BCUT2D eigenvalue weighted by molar-refractivity contribution is 6.01. The van der Waals surface area contributed by atoms with Gasteiger partial charge in [-0.1, -0.05) is 55.7 Å². The highest BCUT2D eigenvalue weighted by Crippen LogP contribution is 2.24. The average molecular weight is 419 g/mol. The quantitative estimate of drug-likeness (QED) is 0.126. The molecule has 0 spiro atoms. The van der Waals surface area contributed by atoms with Gasteiger partial charge in [-0.15, -0.1) is 5.10 Å². The number of carbonyl (C=O) groups is 1. The summed E-state index contributed by atoms with van der Waals surface area (Å²) in [7, 11) is 0. The number of carbonyl (C=O) groups excluding carboxylic acids is 1. The molecule has 2 heterocycles. The van der Waals surface area contributed by atoms with E-state index in [1.807, 2.05) is 42.5 Å². The third kappa shape index (κ3) is 4.49. The number of fused-ring (bicyclic) bond motifs is 4. The summed E-state index contributed by atoms with van der Waals surface area (Å²) in [5.41, 5.74) is 2.69. The number of nitrogens with one attached hydrogen (secondary N) is 2. The van der Waals surface area contributed by atoms with Crippen LogP contribution < -0.4 is 16.4 Å². The van der Waals surface area contributed by atoms with E-state index < -0.39 is 0 Å². The van der Waals surface area contributed by atoms with Crippen LogP contribution in [-0.2, 0) is 4.79 Å². The summed E-state index contributed by atoms with van der Waals surface area (Å²) in [6.45, 7) is 0.732. The SMILES string of the molecule is O=C(CCCCCCCNc1nn2c(=O)c3ccccc3nc2c2ccccc12)NO. The summed E-state index contributed by atoms with van der Waals surface area (Å²) in [4.78, 5) is 28.7. The summed E-state index contributed by atoms with van der Waals surface area (Å²) >= 11 is 0. The van der Waals surface area contributed by atoms with Crippen LogP contribution in [0.4, 0.5) is 5.82 Å². The molecule has 0 aliphatic carbocycles. The number of hydroxylamine groups is 1. The van der Waals surface area contributed by atoms with Crippen LogP contribution in [0, 0.1) is 0 Å². The van der Waals surface area contributed by atoms with E-state index >= 15 is 0 Å². The number of rotatable bonds is 9. The lowest BCUT2D eigenvalue weighted by Crippen LogP contribution is -2.20. The van der Waals surface area contributed by atoms with E-state index in [4.69, 9.17) is 10.2 Å². The van der Waals surface area contributed by atoms with E-state index in [9.17, 15) is 9.59 Å². The number of amides is 1. The Labute approximate surface area is 178 Å². The topological polar surface area (TPSA) is 109 Å². The molecule has 0 bridgehead atoms. The third-order valence-corrected chi connectivity index (χ3v) is 5.37. The van der Waals surface area contributed by atoms with Gasteiger partial charge in [0.2, 0.25) is 5.91 Å². The Kier molecular flexibility index (Phi) is 6.37. The van der Waals surface area contributed by atoms with Gasteiger partial charge in [0.15, 0.2) is 11.5 Å². The normalized spacial score (nSPS) is 11.3. The Hall–Kier alpha value is -3.52. The number of benzene rings is 2. The molecular formula is C23H25N5O3. The van der Waals surface area contributed by atoms with Crippen molar-refractivity contribution in [3.05, 3.63) is 58.9 Å². The minimum atomic E-state index is -0.339. The number of unbranched alkanes of at least 4 members (excludes halogenated alkanes) is 4. The highest BCUT2D eigenvalue weighted by atomic mass is 16.5. The predicted octanol–water partition coefficient (Wildman–Crippen LogP) is 3.65. The molecule has 4 aromatic rings. The van der Waals surface area contributed by atoms with Crippen molar-refractivity contribution in [1.82, 2.24) is 20.1 Å². The van der Waals surface area contributed by atoms with E-state index in [0.29, 0.717) is 28.8 Å². The molecule has 0 radical (unpaired) electrons. The molecule has 0 aliphatic rings. The van der Waals surface area contributed by atoms with Crippen molar-refractivity contribution in [3.63, 3.8) is 0 Å². The molecule has 8 heteroatoms. The number of aromatic nitrogens is 3. The Morgan fingerprint density at radius 1 is 0.903 bits per heavy atom. The number of hydrogen-bond donors (Lipinski definition) is 3. The zero-order chi connectivity index (χ0) is 21.6. The van der Waals surface area contributed by atoms with Gasteiger partial charge in [-0.25, -0.2) is 10.5 Å². The van der Waals surface area contributed by atoms with E-state index in [1.165, 1.54) is 4.52 Å². The molecule has 0 saturated carbocycles. The summed E-state index contributed by atoms with van der Waals surface area (Å²) in [6, 6.07) is 15.1. The van der Waals surface area contributed by atoms with Crippen LogP contribution in [-0.4, -0.2) is 32.3 Å². The van der Waals surface area contributed by atoms with Gasteiger partial charge < -0.3 is 5.32 Å². The zero-order valence-corrected chi connectivity index (χ0v) is 17.2. The van der Waals surface area contributed by atoms with Gasteiger partial charge in [0.1, 0.15) is 0 Å². The minimum Gasteiger partial charge on any atom is -0.368 e. The second kappa shape index (κ2) is 9.53. The van der Waals surface area contributed by atoms with Crippen molar-refractivity contribution in [2.75, 3.05) is 11.9 Å². The van der Waals surface area contributed by atoms with Gasteiger partial charge in [0.25, 0.3) is 5.56 Å². The fraction of sp³-hybridized carbons (Fsp3) is 0.304. The Morgan fingerprint density at radius 3 is 2.39 bits per heavy atom. The van der Waals surface area contributed by atoms with Crippen molar-refractivity contribution < 1.29 is 10.0 Å². The Bertz CT molecular complexity index is 1280. The van der Waals surface area contributed by atoms with Crippen molar-refractivity contribution in [3.8, 4) is 0 Å². The lowest BCUT2D eigenvalue weighted by molar-refractivity contribution is -0.129. The molecule has 8 nitrogen and oxygen atoms in total. The van der Waals surface area contributed by atoms with Gasteiger partial charge in [0.05, 0.1) is 10.9 Å². The van der Waals surface area contributed by atoms with Crippen LogP contribution >= 0.6 is 0 Å². The van der Waals surface area contributed by atoms with Crippen molar-refractivity contribution in [1.29, 1.82) is 0 Å². The van der Waals surface area contributed by atoms with E-state index in [2.05, 4.69) is 10.4 Å². The second-order valence-corrected chi connectivity index (χ2v) is 7.54. The lowest BCUT2D eigenvalue weighted by atomic mass is 10.1. The summed E-state index contributed by atoms with van der Waals surface area (Å²) in [6.07, 6.45) is 5.04. The van der Waals surface area contributed by atoms with Crippen molar-refractivity contribution >= 4 is 39.0 Å². The van der Waals surface area contributed by atoms with Crippen LogP contribution in [0.5, 0.6) is 0 Å². The molecular weight excluding hydrogens is 394 g/mol. The fourth-order valence-electron chi connectivity index (χ4n) is 3.76. The second-order valence-electron chi connectivity index (χ2n) is 7.54. The first kappa shape index (κ1) is 20.7. The molecule has 4 rings (SSSR count). The summed E-state index contributed by atoms with van der Waals surface area (Å²) in [5, 5.41) is 18.8.